The van der Waals surface area contributed by atoms with Gasteiger partial charge in [0.05, 0.1) is 10.7 Å². The van der Waals surface area contributed by atoms with Crippen molar-refractivity contribution in [1.82, 2.24) is 4.57 Å². The number of aromatic nitrogens is 1. The minimum absolute atomic E-state index is 0.133. The number of hydrogen-bond donors (Lipinski definition) is 2. The van der Waals surface area contributed by atoms with Crippen molar-refractivity contribution in [2.75, 3.05) is 5.32 Å². The molecule has 1 heterocycles. The SMILES string of the molecule is O=C(Cn1ccc(=O)c(C(=O)O)c1)Nc1ccccc1Cl. The smallest absolute Gasteiger partial charge is 0.341 e. The van der Waals surface area contributed by atoms with Gasteiger partial charge in [0.25, 0.3) is 0 Å². The standard InChI is InChI=1S/C14H11ClN2O4/c15-10-3-1-2-4-11(10)16-13(19)8-17-6-5-12(18)9(7-17)14(20)21/h1-7H,8H2,(H,16,19)(H,20,21). The van der Waals surface area contributed by atoms with E-state index in [-0.39, 0.29) is 18.0 Å². The number of rotatable bonds is 4. The van der Waals surface area contributed by atoms with Crippen molar-refractivity contribution in [1.29, 1.82) is 0 Å². The highest BCUT2D eigenvalue weighted by molar-refractivity contribution is 6.33. The third-order valence-corrected chi connectivity index (χ3v) is 3.01. The highest BCUT2D eigenvalue weighted by Gasteiger charge is 2.10. The summed E-state index contributed by atoms with van der Waals surface area (Å²) in [5, 5.41) is 11.9. The van der Waals surface area contributed by atoms with Crippen molar-refractivity contribution in [2.24, 2.45) is 0 Å². The molecule has 7 heteroatoms. The number of carboxylic acids is 1. The molecule has 0 fully saturated rings. The molecular formula is C14H11ClN2O4. The quantitative estimate of drug-likeness (QED) is 0.902. The largest absolute Gasteiger partial charge is 0.477 e. The summed E-state index contributed by atoms with van der Waals surface area (Å²) in [6, 6.07) is 7.85. The fourth-order valence-corrected chi connectivity index (χ4v) is 1.89. The molecule has 0 atom stereocenters. The maximum absolute atomic E-state index is 11.9. The third kappa shape index (κ3) is 3.70. The number of carbonyl (C=O) groups is 2. The molecule has 1 amide bonds. The van der Waals surface area contributed by atoms with E-state index >= 15 is 0 Å². The van der Waals surface area contributed by atoms with Gasteiger partial charge in [0.1, 0.15) is 12.1 Å². The highest BCUT2D eigenvalue weighted by atomic mass is 35.5. The summed E-state index contributed by atoms with van der Waals surface area (Å²) in [4.78, 5) is 34.1. The van der Waals surface area contributed by atoms with E-state index in [1.54, 1.807) is 24.3 Å². The fraction of sp³-hybridized carbons (Fsp3) is 0.0714. The number of amides is 1. The number of carbonyl (C=O) groups excluding carboxylic acids is 1. The van der Waals surface area contributed by atoms with Crippen molar-refractivity contribution in [2.45, 2.75) is 6.54 Å². The number of para-hydroxylation sites is 1. The molecule has 21 heavy (non-hydrogen) atoms. The second-order valence-electron chi connectivity index (χ2n) is 4.23. The first kappa shape index (κ1) is 14.8. The molecule has 2 N–H and O–H groups in total. The van der Waals surface area contributed by atoms with Gasteiger partial charge in [-0.3, -0.25) is 9.59 Å². The van der Waals surface area contributed by atoms with Crippen LogP contribution in [-0.2, 0) is 11.3 Å². The van der Waals surface area contributed by atoms with E-state index < -0.39 is 11.4 Å². The van der Waals surface area contributed by atoms with Gasteiger partial charge >= 0.3 is 5.97 Å². The first-order chi connectivity index (χ1) is 9.97. The number of nitrogens with one attached hydrogen (secondary N) is 1. The molecule has 0 spiro atoms. The minimum atomic E-state index is -1.33. The Morgan fingerprint density at radius 1 is 1.24 bits per heavy atom. The minimum Gasteiger partial charge on any atom is -0.477 e. The summed E-state index contributed by atoms with van der Waals surface area (Å²) >= 11 is 5.92. The summed E-state index contributed by atoms with van der Waals surface area (Å²) in [5.74, 6) is -1.72. The summed E-state index contributed by atoms with van der Waals surface area (Å²) in [5.41, 5.74) is -0.531. The van der Waals surface area contributed by atoms with E-state index in [1.807, 2.05) is 0 Å². The first-order valence-electron chi connectivity index (χ1n) is 5.95. The van der Waals surface area contributed by atoms with Crippen LogP contribution in [0.5, 0.6) is 0 Å². The van der Waals surface area contributed by atoms with Crippen LogP contribution in [0, 0.1) is 0 Å². The van der Waals surface area contributed by atoms with Crippen molar-refractivity contribution >= 4 is 29.2 Å². The Balaban J connectivity index is 2.13. The average molecular weight is 307 g/mol. The van der Waals surface area contributed by atoms with Gasteiger partial charge in [0, 0.05) is 18.5 Å². The van der Waals surface area contributed by atoms with Crippen LogP contribution in [0.15, 0.2) is 47.5 Å². The molecule has 0 aliphatic carbocycles. The average Bonchev–Trinajstić information content (AvgIpc) is 2.43. The molecule has 2 aromatic rings. The van der Waals surface area contributed by atoms with Crippen molar-refractivity contribution in [3.63, 3.8) is 0 Å². The second kappa shape index (κ2) is 6.23. The third-order valence-electron chi connectivity index (χ3n) is 2.68. The number of pyridine rings is 1. The Hall–Kier alpha value is -2.60. The molecule has 1 aromatic carbocycles. The van der Waals surface area contributed by atoms with E-state index in [4.69, 9.17) is 16.7 Å². The first-order valence-corrected chi connectivity index (χ1v) is 6.33. The van der Waals surface area contributed by atoms with Crippen molar-refractivity contribution < 1.29 is 14.7 Å². The Morgan fingerprint density at radius 3 is 2.62 bits per heavy atom. The number of anilines is 1. The monoisotopic (exact) mass is 306 g/mol. The van der Waals surface area contributed by atoms with Gasteiger partial charge in [-0.25, -0.2) is 4.79 Å². The second-order valence-corrected chi connectivity index (χ2v) is 4.64. The van der Waals surface area contributed by atoms with Crippen LogP contribution in [0.4, 0.5) is 5.69 Å². The van der Waals surface area contributed by atoms with Gasteiger partial charge < -0.3 is 15.0 Å². The zero-order chi connectivity index (χ0) is 15.4. The normalized spacial score (nSPS) is 10.1. The molecule has 0 radical (unpaired) electrons. The zero-order valence-corrected chi connectivity index (χ0v) is 11.5. The molecule has 2 rings (SSSR count). The van der Waals surface area contributed by atoms with Crippen LogP contribution in [0.25, 0.3) is 0 Å². The van der Waals surface area contributed by atoms with Gasteiger partial charge in [0.2, 0.25) is 5.91 Å². The van der Waals surface area contributed by atoms with Gasteiger partial charge in [-0.2, -0.15) is 0 Å². The molecule has 0 saturated carbocycles. The van der Waals surface area contributed by atoms with E-state index in [9.17, 15) is 14.4 Å². The summed E-state index contributed by atoms with van der Waals surface area (Å²) in [6.45, 7) is -0.133. The molecule has 6 nitrogen and oxygen atoms in total. The highest BCUT2D eigenvalue weighted by Crippen LogP contribution is 2.20. The maximum atomic E-state index is 11.9. The van der Waals surface area contributed by atoms with E-state index in [2.05, 4.69) is 5.32 Å². The lowest BCUT2D eigenvalue weighted by Gasteiger charge is -2.09. The van der Waals surface area contributed by atoms with Crippen LogP contribution in [-0.4, -0.2) is 21.6 Å². The number of carboxylic acid groups (broad SMARTS) is 1. The van der Waals surface area contributed by atoms with Crippen LogP contribution >= 0.6 is 11.6 Å². The number of benzene rings is 1. The Kier molecular flexibility index (Phi) is 4.39. The summed E-state index contributed by atoms with van der Waals surface area (Å²) < 4.78 is 1.32. The van der Waals surface area contributed by atoms with Gasteiger partial charge in [-0.1, -0.05) is 23.7 Å². The van der Waals surface area contributed by atoms with Crippen molar-refractivity contribution in [3.8, 4) is 0 Å². The van der Waals surface area contributed by atoms with Crippen molar-refractivity contribution in [3.05, 3.63) is 63.5 Å². The Labute approximate surface area is 124 Å². The maximum Gasteiger partial charge on any atom is 0.341 e. The van der Waals surface area contributed by atoms with E-state index in [1.165, 1.54) is 10.8 Å². The predicted octanol–water partition coefficient (Wildman–Crippen LogP) is 1.84. The van der Waals surface area contributed by atoms with Gasteiger partial charge in [-0.15, -0.1) is 0 Å². The van der Waals surface area contributed by atoms with E-state index in [0.29, 0.717) is 10.7 Å². The molecule has 0 unspecified atom stereocenters. The molecular weight excluding hydrogens is 296 g/mol. The molecule has 1 aromatic heterocycles. The Bertz CT molecular complexity index is 755. The lowest BCUT2D eigenvalue weighted by atomic mass is 10.2. The molecule has 0 saturated heterocycles. The number of hydrogen-bond acceptors (Lipinski definition) is 3. The lowest BCUT2D eigenvalue weighted by molar-refractivity contribution is -0.116. The molecule has 0 aliphatic rings. The van der Waals surface area contributed by atoms with Gasteiger partial charge in [-0.05, 0) is 12.1 Å². The zero-order valence-electron chi connectivity index (χ0n) is 10.7. The van der Waals surface area contributed by atoms with Crippen LogP contribution in [0.1, 0.15) is 10.4 Å². The van der Waals surface area contributed by atoms with Crippen LogP contribution in [0.3, 0.4) is 0 Å². The van der Waals surface area contributed by atoms with Crippen LogP contribution in [0.2, 0.25) is 5.02 Å². The van der Waals surface area contributed by atoms with E-state index in [0.717, 1.165) is 12.3 Å². The molecule has 0 aliphatic heterocycles. The number of nitrogens with zero attached hydrogens (tertiary/aromatic N) is 1. The van der Waals surface area contributed by atoms with Gasteiger partial charge in [0.15, 0.2) is 5.43 Å². The number of aromatic carboxylic acids is 1. The topological polar surface area (TPSA) is 88.4 Å². The summed E-state index contributed by atoms with van der Waals surface area (Å²) in [7, 11) is 0. The molecule has 0 bridgehead atoms. The number of halogens is 1. The predicted molar refractivity (Wildman–Crippen MR) is 77.7 cm³/mol. The Morgan fingerprint density at radius 2 is 1.95 bits per heavy atom. The fourth-order valence-electron chi connectivity index (χ4n) is 1.70. The summed E-state index contributed by atoms with van der Waals surface area (Å²) in [6.07, 6.45) is 2.47. The lowest BCUT2D eigenvalue weighted by Crippen LogP contribution is -2.22. The molecule has 108 valence electrons. The van der Waals surface area contributed by atoms with Crippen LogP contribution < -0.4 is 10.7 Å².